The number of carbonyl (C=O) groups is 1. The van der Waals surface area contributed by atoms with Crippen LogP contribution in [0.3, 0.4) is 0 Å². The third-order valence-electron chi connectivity index (χ3n) is 1.53. The Hall–Kier alpha value is -1.32. The van der Waals surface area contributed by atoms with Crippen LogP contribution in [0.2, 0.25) is 0 Å². The normalized spacial score (nSPS) is 9.50. The molecule has 1 rings (SSSR count). The van der Waals surface area contributed by atoms with E-state index in [2.05, 4.69) is 9.72 Å². The van der Waals surface area contributed by atoms with Gasteiger partial charge in [0.1, 0.15) is 13.5 Å². The molecule has 3 nitrogen and oxygen atoms in total. The second kappa shape index (κ2) is 3.39. The molecule has 4 heteroatoms. The van der Waals surface area contributed by atoms with Crippen LogP contribution >= 0.6 is 0 Å². The van der Waals surface area contributed by atoms with E-state index >= 15 is 0 Å². The molecule has 2 radical (unpaired) electrons. The summed E-state index contributed by atoms with van der Waals surface area (Å²) in [5, 5.41) is 0. The maximum atomic E-state index is 10.9. The first-order chi connectivity index (χ1) is 5.65. The highest BCUT2D eigenvalue weighted by molar-refractivity contribution is 6.31. The highest BCUT2D eigenvalue weighted by Gasteiger charge is 2.06. The van der Waals surface area contributed by atoms with Crippen LogP contribution in [-0.4, -0.2) is 25.9 Å². The maximum absolute atomic E-state index is 10.9. The zero-order valence-electron chi connectivity index (χ0n) is 7.00. The topological polar surface area (TPSA) is 39.2 Å². The first-order valence-electron chi connectivity index (χ1n) is 3.46. The van der Waals surface area contributed by atoms with Crippen molar-refractivity contribution in [2.45, 2.75) is 6.92 Å². The molecular weight excluding hydrogens is 153 g/mol. The Labute approximate surface area is 72.2 Å². The van der Waals surface area contributed by atoms with Gasteiger partial charge in [-0.15, -0.1) is 0 Å². The van der Waals surface area contributed by atoms with Gasteiger partial charge in [-0.2, -0.15) is 0 Å². The van der Waals surface area contributed by atoms with Crippen LogP contribution in [-0.2, 0) is 4.74 Å². The summed E-state index contributed by atoms with van der Waals surface area (Å²) in [6.45, 7) is 1.82. The predicted octanol–water partition coefficient (Wildman–Crippen LogP) is -0.0296. The number of hydrogen-bond acceptors (Lipinski definition) is 3. The van der Waals surface area contributed by atoms with E-state index in [0.29, 0.717) is 5.59 Å². The lowest BCUT2D eigenvalue weighted by Gasteiger charge is -2.01. The van der Waals surface area contributed by atoms with Gasteiger partial charge in [-0.05, 0) is 24.1 Å². The minimum absolute atomic E-state index is 0.237. The summed E-state index contributed by atoms with van der Waals surface area (Å²) < 4.78 is 4.47. The van der Waals surface area contributed by atoms with E-state index < -0.39 is 5.97 Å². The molecule has 0 unspecified atom stereocenters. The fraction of sp³-hybridized carbons (Fsp3) is 0.250. The monoisotopic (exact) mass is 161 g/mol. The van der Waals surface area contributed by atoms with Crippen molar-refractivity contribution in [1.82, 2.24) is 4.98 Å². The van der Waals surface area contributed by atoms with Gasteiger partial charge in [-0.25, -0.2) is 4.79 Å². The molecule has 1 aromatic rings. The maximum Gasteiger partial charge on any atom is 0.356 e. The van der Waals surface area contributed by atoms with Crippen LogP contribution in [0.25, 0.3) is 0 Å². The Morgan fingerprint density at radius 1 is 1.58 bits per heavy atom. The second-order valence-corrected chi connectivity index (χ2v) is 2.39. The number of methoxy groups -OCH3 is 1. The summed E-state index contributed by atoms with van der Waals surface area (Å²) in [6, 6.07) is 3.31. The second-order valence-electron chi connectivity index (χ2n) is 2.39. The fourth-order valence-corrected chi connectivity index (χ4v) is 0.763. The molecule has 1 heterocycles. The SMILES string of the molecule is [B]c1nc(C(=O)OC)ccc1C. The van der Waals surface area contributed by atoms with Crippen molar-refractivity contribution in [2.75, 3.05) is 7.11 Å². The largest absolute Gasteiger partial charge is 0.464 e. The zero-order valence-corrected chi connectivity index (χ0v) is 7.00. The molecule has 1 aromatic heterocycles. The Balaban J connectivity index is 3.05. The zero-order chi connectivity index (χ0) is 9.14. The summed E-state index contributed by atoms with van der Waals surface area (Å²) in [5.74, 6) is -0.471. The molecule has 0 N–H and O–H groups in total. The van der Waals surface area contributed by atoms with Crippen LogP contribution in [0, 0.1) is 6.92 Å². The molecule has 0 saturated carbocycles. The van der Waals surface area contributed by atoms with E-state index in [0.717, 1.165) is 5.56 Å². The molecule has 0 saturated heterocycles. The Morgan fingerprint density at radius 3 is 2.75 bits per heavy atom. The number of rotatable bonds is 1. The molecule has 0 aliphatic rings. The average Bonchev–Trinajstić information content (AvgIpc) is 2.08. The highest BCUT2D eigenvalue weighted by atomic mass is 16.5. The minimum atomic E-state index is -0.471. The van der Waals surface area contributed by atoms with Gasteiger partial charge in [-0.1, -0.05) is 6.07 Å². The lowest BCUT2D eigenvalue weighted by Crippen LogP contribution is -2.17. The third-order valence-corrected chi connectivity index (χ3v) is 1.53. The van der Waals surface area contributed by atoms with E-state index in [4.69, 9.17) is 7.85 Å². The van der Waals surface area contributed by atoms with Gasteiger partial charge in [0.2, 0.25) is 0 Å². The summed E-state index contributed by atoms with van der Waals surface area (Å²) in [5.41, 5.74) is 1.45. The van der Waals surface area contributed by atoms with Crippen LogP contribution < -0.4 is 5.59 Å². The van der Waals surface area contributed by atoms with Gasteiger partial charge < -0.3 is 4.74 Å². The summed E-state index contributed by atoms with van der Waals surface area (Å²) in [7, 11) is 6.80. The molecule has 0 bridgehead atoms. The van der Waals surface area contributed by atoms with Gasteiger partial charge in [0.05, 0.1) is 7.11 Å². The Bertz CT molecular complexity index is 312. The molecular formula is C8H8BNO2. The van der Waals surface area contributed by atoms with Gasteiger partial charge in [0.25, 0.3) is 0 Å². The first-order valence-corrected chi connectivity index (χ1v) is 3.46. The molecule has 0 fully saturated rings. The van der Waals surface area contributed by atoms with Crippen molar-refractivity contribution in [3.8, 4) is 0 Å². The van der Waals surface area contributed by atoms with Crippen molar-refractivity contribution in [1.29, 1.82) is 0 Å². The van der Waals surface area contributed by atoms with E-state index in [1.165, 1.54) is 7.11 Å². The number of esters is 1. The number of carbonyl (C=O) groups excluding carboxylic acids is 1. The molecule has 12 heavy (non-hydrogen) atoms. The van der Waals surface area contributed by atoms with Crippen LogP contribution in [0.1, 0.15) is 16.1 Å². The van der Waals surface area contributed by atoms with Gasteiger partial charge in [-0.3, -0.25) is 4.98 Å². The predicted molar refractivity (Wildman–Crippen MR) is 45.7 cm³/mol. The van der Waals surface area contributed by atoms with Crippen molar-refractivity contribution in [2.24, 2.45) is 0 Å². The number of hydrogen-bond donors (Lipinski definition) is 0. The smallest absolute Gasteiger partial charge is 0.356 e. The van der Waals surface area contributed by atoms with Gasteiger partial charge >= 0.3 is 5.97 Å². The van der Waals surface area contributed by atoms with E-state index in [1.54, 1.807) is 12.1 Å². The van der Waals surface area contributed by atoms with E-state index in [1.807, 2.05) is 6.92 Å². The van der Waals surface area contributed by atoms with Crippen molar-refractivity contribution < 1.29 is 9.53 Å². The standard InChI is InChI=1S/C8H8BNO2/c1-5-3-4-6(8(11)12-2)10-7(5)9/h3-4H,1-2H3. The van der Waals surface area contributed by atoms with E-state index in [9.17, 15) is 4.79 Å². The molecule has 0 amide bonds. The highest BCUT2D eigenvalue weighted by Crippen LogP contribution is 1.97. The number of ether oxygens (including phenoxy) is 1. The Kier molecular flexibility index (Phi) is 2.48. The molecule has 0 aliphatic heterocycles. The van der Waals surface area contributed by atoms with Crippen molar-refractivity contribution in [3.05, 3.63) is 23.4 Å². The van der Waals surface area contributed by atoms with Crippen LogP contribution in [0.15, 0.2) is 12.1 Å². The molecule has 60 valence electrons. The minimum Gasteiger partial charge on any atom is -0.464 e. The van der Waals surface area contributed by atoms with E-state index in [-0.39, 0.29) is 5.69 Å². The number of pyridine rings is 1. The number of aromatic nitrogens is 1. The summed E-state index contributed by atoms with van der Waals surface area (Å²) >= 11 is 0. The van der Waals surface area contributed by atoms with Crippen LogP contribution in [0.5, 0.6) is 0 Å². The van der Waals surface area contributed by atoms with Crippen molar-refractivity contribution in [3.63, 3.8) is 0 Å². The van der Waals surface area contributed by atoms with Gasteiger partial charge in [0.15, 0.2) is 0 Å². The quantitative estimate of drug-likeness (QED) is 0.428. The molecule has 0 aromatic carbocycles. The summed E-state index contributed by atoms with van der Waals surface area (Å²) in [4.78, 5) is 14.8. The third kappa shape index (κ3) is 1.64. The average molecular weight is 161 g/mol. The molecule has 0 atom stereocenters. The number of aryl methyl sites for hydroxylation is 1. The summed E-state index contributed by atoms with van der Waals surface area (Å²) in [6.07, 6.45) is 0. The fourth-order valence-electron chi connectivity index (χ4n) is 0.763. The van der Waals surface area contributed by atoms with Gasteiger partial charge in [0, 0.05) is 0 Å². The molecule has 0 aliphatic carbocycles. The molecule has 0 spiro atoms. The lowest BCUT2D eigenvalue weighted by molar-refractivity contribution is 0.0594. The number of nitrogens with zero attached hydrogens (tertiary/aromatic N) is 1. The Morgan fingerprint density at radius 2 is 2.25 bits per heavy atom. The van der Waals surface area contributed by atoms with Crippen LogP contribution in [0.4, 0.5) is 0 Å². The van der Waals surface area contributed by atoms with Crippen molar-refractivity contribution >= 4 is 19.4 Å². The first kappa shape index (κ1) is 8.78. The lowest BCUT2D eigenvalue weighted by atomic mass is 9.98.